The van der Waals surface area contributed by atoms with E-state index < -0.39 is 0 Å². The molecule has 0 bridgehead atoms. The van der Waals surface area contributed by atoms with Gasteiger partial charge in [-0.15, -0.1) is 0 Å². The van der Waals surface area contributed by atoms with Gasteiger partial charge < -0.3 is 0 Å². The lowest BCUT2D eigenvalue weighted by Gasteiger charge is -2.09. The Morgan fingerprint density at radius 3 is 1.50 bits per heavy atom. The second-order valence-corrected chi connectivity index (χ2v) is 5.76. The van der Waals surface area contributed by atoms with Gasteiger partial charge in [0.1, 0.15) is 0 Å². The van der Waals surface area contributed by atoms with Gasteiger partial charge in [-0.2, -0.15) is 0 Å². The van der Waals surface area contributed by atoms with E-state index in [0.29, 0.717) is 0 Å². The molecule has 0 fully saturated rings. The van der Waals surface area contributed by atoms with Crippen molar-refractivity contribution in [2.24, 2.45) is 0 Å². The molecule has 0 saturated carbocycles. The Morgan fingerprint density at radius 1 is 0.708 bits per heavy atom. The lowest BCUT2D eigenvalue weighted by Crippen LogP contribution is -1.90. The Balaban J connectivity index is 0.000000546. The molecule has 1 aromatic rings. The summed E-state index contributed by atoms with van der Waals surface area (Å²) >= 11 is 0. The van der Waals surface area contributed by atoms with Gasteiger partial charge >= 0.3 is 0 Å². The monoisotopic (exact) mass is 320 g/mol. The van der Waals surface area contributed by atoms with Crippen molar-refractivity contribution in [2.75, 3.05) is 0 Å². The summed E-state index contributed by atoms with van der Waals surface area (Å²) in [7, 11) is 0. The summed E-state index contributed by atoms with van der Waals surface area (Å²) in [6, 6.07) is 8.48. The van der Waals surface area contributed by atoms with E-state index in [9.17, 15) is 0 Å². The van der Waals surface area contributed by atoms with Crippen LogP contribution in [0.5, 0.6) is 0 Å². The number of benzene rings is 1. The first-order valence-electron chi connectivity index (χ1n) is 8.36. The molecule has 1 aromatic carbocycles. The normalized spacial score (nSPS) is 13.1. The first kappa shape index (κ1) is 21.7. The number of allylic oxidation sites excluding steroid dienone is 10. The van der Waals surface area contributed by atoms with Crippen molar-refractivity contribution >= 4 is 0 Å². The first-order valence-corrected chi connectivity index (χ1v) is 8.36. The number of rotatable bonds is 5. The molecule has 0 N–H and O–H groups in total. The van der Waals surface area contributed by atoms with Crippen LogP contribution >= 0.6 is 0 Å². The second kappa shape index (κ2) is 12.1. The van der Waals surface area contributed by atoms with Crippen LogP contribution in [0.2, 0.25) is 0 Å². The molecule has 0 aliphatic heterocycles. The molecule has 0 aromatic heterocycles. The first-order chi connectivity index (χ1) is 11.4. The van der Waals surface area contributed by atoms with Crippen LogP contribution in [0.3, 0.4) is 0 Å². The third-order valence-corrected chi connectivity index (χ3v) is 3.62. The highest BCUT2D eigenvalue weighted by Gasteiger charge is 2.03. The summed E-state index contributed by atoms with van der Waals surface area (Å²) in [5.41, 5.74) is 7.38. The minimum absolute atomic E-state index is 1.16. The molecule has 0 nitrogen and oxygen atoms in total. The van der Waals surface area contributed by atoms with Crippen LogP contribution in [-0.4, -0.2) is 0 Å². The van der Waals surface area contributed by atoms with Crippen molar-refractivity contribution in [3.8, 4) is 0 Å². The number of hydrogen-bond acceptors (Lipinski definition) is 0. The van der Waals surface area contributed by atoms with Crippen molar-refractivity contribution in [3.63, 3.8) is 0 Å². The Morgan fingerprint density at radius 2 is 1.17 bits per heavy atom. The summed E-state index contributed by atoms with van der Waals surface area (Å²) in [5.74, 6) is 0. The fraction of sp³-hybridized carbons (Fsp3) is 0.250. The minimum Gasteiger partial charge on any atom is -0.0988 e. The summed E-state index contributed by atoms with van der Waals surface area (Å²) in [6.45, 7) is 20.1. The largest absolute Gasteiger partial charge is 0.0988 e. The minimum atomic E-state index is 1.16. The molecular weight excluding hydrogens is 288 g/mol. The fourth-order valence-corrected chi connectivity index (χ4v) is 2.17. The number of aryl methyl sites for hydroxylation is 2. The van der Waals surface area contributed by atoms with Gasteiger partial charge in [0.05, 0.1) is 0 Å². The highest BCUT2D eigenvalue weighted by atomic mass is 14.1. The van der Waals surface area contributed by atoms with E-state index in [1.165, 1.54) is 22.3 Å². The van der Waals surface area contributed by atoms with E-state index in [1.54, 1.807) is 0 Å². The van der Waals surface area contributed by atoms with Crippen molar-refractivity contribution in [1.29, 1.82) is 0 Å². The average molecular weight is 321 g/mol. The quantitative estimate of drug-likeness (QED) is 0.494. The van der Waals surface area contributed by atoms with E-state index in [4.69, 9.17) is 0 Å². The van der Waals surface area contributed by atoms with E-state index in [-0.39, 0.29) is 0 Å². The number of hydrogen-bond donors (Lipinski definition) is 0. The Hall–Kier alpha value is -2.34. The lowest BCUT2D eigenvalue weighted by molar-refractivity contribution is 1.34. The lowest BCUT2D eigenvalue weighted by atomic mass is 9.95. The van der Waals surface area contributed by atoms with Crippen molar-refractivity contribution in [2.45, 2.75) is 41.5 Å². The molecule has 24 heavy (non-hydrogen) atoms. The zero-order chi connectivity index (χ0) is 18.5. The highest BCUT2D eigenvalue weighted by Crippen LogP contribution is 2.22. The van der Waals surface area contributed by atoms with E-state index in [2.05, 4.69) is 77.3 Å². The van der Waals surface area contributed by atoms with Gasteiger partial charge in [-0.3, -0.25) is 0 Å². The zero-order valence-electron chi connectivity index (χ0n) is 16.2. The van der Waals surface area contributed by atoms with E-state index >= 15 is 0 Å². The predicted octanol–water partition coefficient (Wildman–Crippen LogP) is 7.45. The van der Waals surface area contributed by atoms with E-state index in [0.717, 1.165) is 11.1 Å². The molecule has 0 saturated heterocycles. The topological polar surface area (TPSA) is 0 Å². The SMILES string of the molecule is C=C/C(C)=C(\C=C/C)C(/C=C)=C(C)/C=C\C.Cc1ccc(C)cc1. The Labute approximate surface area is 149 Å². The third-order valence-electron chi connectivity index (χ3n) is 3.62. The summed E-state index contributed by atoms with van der Waals surface area (Å²) in [6.07, 6.45) is 12.0. The van der Waals surface area contributed by atoms with Crippen LogP contribution in [-0.2, 0) is 0 Å². The van der Waals surface area contributed by atoms with Crippen LogP contribution < -0.4 is 0 Å². The van der Waals surface area contributed by atoms with Crippen LogP contribution in [0, 0.1) is 13.8 Å². The van der Waals surface area contributed by atoms with Gasteiger partial charge in [0, 0.05) is 0 Å². The summed E-state index contributed by atoms with van der Waals surface area (Å²) in [4.78, 5) is 0. The molecule has 0 unspecified atom stereocenters. The van der Waals surface area contributed by atoms with Gasteiger partial charge in [-0.1, -0.05) is 85.0 Å². The maximum absolute atomic E-state index is 3.89. The van der Waals surface area contributed by atoms with Crippen molar-refractivity contribution in [1.82, 2.24) is 0 Å². The summed E-state index contributed by atoms with van der Waals surface area (Å²) < 4.78 is 0. The highest BCUT2D eigenvalue weighted by molar-refractivity contribution is 5.54. The van der Waals surface area contributed by atoms with Crippen LogP contribution in [0.4, 0.5) is 0 Å². The molecule has 0 heteroatoms. The maximum atomic E-state index is 3.89. The molecule has 0 radical (unpaired) electrons. The average Bonchev–Trinajstić information content (AvgIpc) is 2.57. The van der Waals surface area contributed by atoms with E-state index in [1.807, 2.05) is 38.2 Å². The molecule has 0 aliphatic rings. The van der Waals surface area contributed by atoms with Gasteiger partial charge in [0.25, 0.3) is 0 Å². The maximum Gasteiger partial charge on any atom is -0.0156 e. The van der Waals surface area contributed by atoms with Gasteiger partial charge in [-0.25, -0.2) is 0 Å². The molecule has 0 amide bonds. The van der Waals surface area contributed by atoms with Gasteiger partial charge in [-0.05, 0) is 63.8 Å². The van der Waals surface area contributed by atoms with Gasteiger partial charge in [0.2, 0.25) is 0 Å². The molecule has 0 aliphatic carbocycles. The molecule has 128 valence electrons. The van der Waals surface area contributed by atoms with Crippen LogP contribution in [0.25, 0.3) is 0 Å². The Bertz CT molecular complexity index is 623. The molecule has 0 heterocycles. The smallest absolute Gasteiger partial charge is 0.0156 e. The predicted molar refractivity (Wildman–Crippen MR) is 111 cm³/mol. The molecule has 1 rings (SSSR count). The molecule has 0 spiro atoms. The standard InChI is InChI=1S/C16H22.C8H10/c1-7-11-14(6)15(10-4)16(12-8-2)13(5)9-3;1-7-3-5-8(2)6-4-7/h7-12H,3-4H2,1-2,5-6H3;3-6H,1-2H3/b11-7-,12-8-,15-14+,16-13+;. The third kappa shape index (κ3) is 7.78. The molecule has 0 atom stereocenters. The van der Waals surface area contributed by atoms with Crippen LogP contribution in [0.1, 0.15) is 38.8 Å². The van der Waals surface area contributed by atoms with Gasteiger partial charge in [0.15, 0.2) is 0 Å². The summed E-state index contributed by atoms with van der Waals surface area (Å²) in [5, 5.41) is 0. The second-order valence-electron chi connectivity index (χ2n) is 5.76. The Kier molecular flexibility index (Phi) is 10.9. The zero-order valence-corrected chi connectivity index (χ0v) is 16.2. The fourth-order valence-electron chi connectivity index (χ4n) is 2.17. The van der Waals surface area contributed by atoms with Crippen molar-refractivity contribution < 1.29 is 0 Å². The van der Waals surface area contributed by atoms with Crippen molar-refractivity contribution in [3.05, 3.63) is 107 Å². The van der Waals surface area contributed by atoms with Crippen LogP contribution in [0.15, 0.2) is 96.2 Å². The molecular formula is C24H32.